The van der Waals surface area contributed by atoms with Gasteiger partial charge in [-0.25, -0.2) is 0 Å². The highest BCUT2D eigenvalue weighted by atomic mass is 79.9. The van der Waals surface area contributed by atoms with Crippen molar-refractivity contribution >= 4 is 31.9 Å². The average molecular weight is 400 g/mol. The van der Waals surface area contributed by atoms with Crippen LogP contribution in [0.1, 0.15) is 31.1 Å². The minimum absolute atomic E-state index is 0.0642. The highest BCUT2D eigenvalue weighted by molar-refractivity contribution is 9.11. The Morgan fingerprint density at radius 3 is 2.40 bits per heavy atom. The Morgan fingerprint density at radius 2 is 1.70 bits per heavy atom. The molecule has 2 nitrogen and oxygen atoms in total. The summed E-state index contributed by atoms with van der Waals surface area (Å²) in [6, 6.07) is 13.3. The van der Waals surface area contributed by atoms with Gasteiger partial charge in [0, 0.05) is 20.1 Å². The summed E-state index contributed by atoms with van der Waals surface area (Å²) < 4.78 is 7.57. The summed E-state index contributed by atoms with van der Waals surface area (Å²) in [5, 5.41) is 10.7. The van der Waals surface area contributed by atoms with E-state index in [-0.39, 0.29) is 6.10 Å². The Hall–Kier alpha value is -0.840. The van der Waals surface area contributed by atoms with Crippen LogP contribution >= 0.6 is 31.9 Å². The molecule has 0 bridgehead atoms. The Kier molecular flexibility index (Phi) is 5.24. The van der Waals surface area contributed by atoms with E-state index in [4.69, 9.17) is 4.74 Å². The van der Waals surface area contributed by atoms with Crippen LogP contribution in [0.2, 0.25) is 0 Å². The van der Waals surface area contributed by atoms with Crippen molar-refractivity contribution < 1.29 is 9.84 Å². The number of hydrogen-bond acceptors (Lipinski definition) is 2. The van der Waals surface area contributed by atoms with Crippen molar-refractivity contribution in [1.82, 2.24) is 0 Å². The Labute approximate surface area is 136 Å². The third kappa shape index (κ3) is 3.62. The van der Waals surface area contributed by atoms with Gasteiger partial charge in [0.1, 0.15) is 11.9 Å². The van der Waals surface area contributed by atoms with E-state index in [1.807, 2.05) is 56.3 Å². The van der Waals surface area contributed by atoms with Crippen LogP contribution in [-0.2, 0) is 0 Å². The van der Waals surface area contributed by atoms with E-state index in [1.54, 1.807) is 0 Å². The summed E-state index contributed by atoms with van der Waals surface area (Å²) in [5.74, 6) is 0.710. The van der Waals surface area contributed by atoms with Gasteiger partial charge in [-0.3, -0.25) is 0 Å². The van der Waals surface area contributed by atoms with E-state index in [1.165, 1.54) is 0 Å². The van der Waals surface area contributed by atoms with Gasteiger partial charge >= 0.3 is 0 Å². The molecular formula is C16H16Br2O2. The summed E-state index contributed by atoms with van der Waals surface area (Å²) in [4.78, 5) is 0. The molecule has 0 spiro atoms. The van der Waals surface area contributed by atoms with Gasteiger partial charge in [0.25, 0.3) is 0 Å². The lowest BCUT2D eigenvalue weighted by Gasteiger charge is -2.19. The molecule has 1 N–H and O–H groups in total. The minimum atomic E-state index is -0.739. The predicted octanol–water partition coefficient (Wildman–Crippen LogP) is 5.08. The first-order valence-corrected chi connectivity index (χ1v) is 7.96. The number of halogens is 2. The molecule has 20 heavy (non-hydrogen) atoms. The average Bonchev–Trinajstić information content (AvgIpc) is 2.41. The fourth-order valence-electron chi connectivity index (χ4n) is 1.96. The molecule has 0 saturated heterocycles. The monoisotopic (exact) mass is 398 g/mol. The van der Waals surface area contributed by atoms with Gasteiger partial charge < -0.3 is 9.84 Å². The molecule has 0 heterocycles. The van der Waals surface area contributed by atoms with E-state index in [9.17, 15) is 5.11 Å². The van der Waals surface area contributed by atoms with Gasteiger partial charge in [0.05, 0.1) is 6.10 Å². The van der Waals surface area contributed by atoms with Crippen molar-refractivity contribution in [2.75, 3.05) is 0 Å². The maximum Gasteiger partial charge on any atom is 0.125 e. The molecule has 4 heteroatoms. The van der Waals surface area contributed by atoms with Crippen LogP contribution in [0.4, 0.5) is 0 Å². The van der Waals surface area contributed by atoms with E-state index in [2.05, 4.69) is 31.9 Å². The number of aliphatic hydroxyl groups excluding tert-OH is 1. The molecule has 0 fully saturated rings. The third-order valence-electron chi connectivity index (χ3n) is 2.83. The molecular weight excluding hydrogens is 384 g/mol. The predicted molar refractivity (Wildman–Crippen MR) is 88.1 cm³/mol. The number of ether oxygens (including phenoxy) is 1. The number of benzene rings is 2. The summed E-state index contributed by atoms with van der Waals surface area (Å²) in [7, 11) is 0. The molecule has 0 aliphatic heterocycles. The van der Waals surface area contributed by atoms with Gasteiger partial charge in [-0.2, -0.15) is 0 Å². The van der Waals surface area contributed by atoms with Crippen molar-refractivity contribution in [2.24, 2.45) is 0 Å². The second kappa shape index (κ2) is 6.74. The standard InChI is InChI=1S/C16H16Br2O2/c1-10(2)20-15-6-4-3-5-12(15)16(19)13-9-11(17)7-8-14(13)18/h3-10,16,19H,1-2H3. The van der Waals surface area contributed by atoms with Gasteiger partial charge in [-0.1, -0.05) is 50.1 Å². The normalized spacial score (nSPS) is 12.5. The fourth-order valence-corrected chi connectivity index (χ4v) is 2.80. The zero-order valence-electron chi connectivity index (χ0n) is 11.3. The first kappa shape index (κ1) is 15.5. The lowest BCUT2D eigenvalue weighted by molar-refractivity contribution is 0.197. The lowest BCUT2D eigenvalue weighted by Crippen LogP contribution is -2.10. The first-order valence-electron chi connectivity index (χ1n) is 6.37. The van der Waals surface area contributed by atoms with E-state index < -0.39 is 6.10 Å². The molecule has 2 rings (SSSR count). The molecule has 0 aliphatic rings. The van der Waals surface area contributed by atoms with Gasteiger partial charge in [-0.15, -0.1) is 0 Å². The molecule has 0 amide bonds. The Morgan fingerprint density at radius 1 is 1.00 bits per heavy atom. The lowest BCUT2D eigenvalue weighted by atomic mass is 10.0. The zero-order chi connectivity index (χ0) is 14.7. The summed E-state index contributed by atoms with van der Waals surface area (Å²) in [6.45, 7) is 3.94. The van der Waals surface area contributed by atoms with Crippen molar-refractivity contribution in [3.8, 4) is 5.75 Å². The Balaban J connectivity index is 2.42. The van der Waals surface area contributed by atoms with E-state index >= 15 is 0 Å². The fraction of sp³-hybridized carbons (Fsp3) is 0.250. The van der Waals surface area contributed by atoms with Crippen molar-refractivity contribution in [1.29, 1.82) is 0 Å². The van der Waals surface area contributed by atoms with Gasteiger partial charge in [0.15, 0.2) is 0 Å². The summed E-state index contributed by atoms with van der Waals surface area (Å²) >= 11 is 6.91. The van der Waals surface area contributed by atoms with Gasteiger partial charge in [-0.05, 0) is 38.1 Å². The Bertz CT molecular complexity index is 597. The van der Waals surface area contributed by atoms with Crippen molar-refractivity contribution in [3.05, 3.63) is 62.5 Å². The molecule has 2 aromatic carbocycles. The van der Waals surface area contributed by atoms with Crippen molar-refractivity contribution in [2.45, 2.75) is 26.1 Å². The quantitative estimate of drug-likeness (QED) is 0.776. The SMILES string of the molecule is CC(C)Oc1ccccc1C(O)c1cc(Br)ccc1Br. The van der Waals surface area contributed by atoms with Crippen LogP contribution in [0.25, 0.3) is 0 Å². The molecule has 106 valence electrons. The summed E-state index contributed by atoms with van der Waals surface area (Å²) in [5.41, 5.74) is 1.57. The van der Waals surface area contributed by atoms with Crippen LogP contribution in [0, 0.1) is 0 Å². The van der Waals surface area contributed by atoms with Crippen LogP contribution in [0.3, 0.4) is 0 Å². The van der Waals surface area contributed by atoms with Crippen LogP contribution in [0.5, 0.6) is 5.75 Å². The largest absolute Gasteiger partial charge is 0.491 e. The van der Waals surface area contributed by atoms with Crippen LogP contribution < -0.4 is 4.74 Å². The molecule has 2 aromatic rings. The minimum Gasteiger partial charge on any atom is -0.491 e. The maximum absolute atomic E-state index is 10.7. The number of rotatable bonds is 4. The topological polar surface area (TPSA) is 29.5 Å². The van der Waals surface area contributed by atoms with Crippen LogP contribution in [0.15, 0.2) is 51.4 Å². The number of hydrogen-bond donors (Lipinski definition) is 1. The number of aliphatic hydroxyl groups is 1. The van der Waals surface area contributed by atoms with Crippen molar-refractivity contribution in [3.63, 3.8) is 0 Å². The second-order valence-electron chi connectivity index (χ2n) is 4.77. The van der Waals surface area contributed by atoms with E-state index in [0.717, 1.165) is 20.1 Å². The maximum atomic E-state index is 10.7. The highest BCUT2D eigenvalue weighted by Gasteiger charge is 2.18. The third-order valence-corrected chi connectivity index (χ3v) is 4.04. The summed E-state index contributed by atoms with van der Waals surface area (Å²) in [6.07, 6.45) is -0.675. The zero-order valence-corrected chi connectivity index (χ0v) is 14.5. The van der Waals surface area contributed by atoms with Gasteiger partial charge in [0.2, 0.25) is 0 Å². The smallest absolute Gasteiger partial charge is 0.125 e. The number of para-hydroxylation sites is 1. The molecule has 1 unspecified atom stereocenters. The first-order chi connectivity index (χ1) is 9.49. The second-order valence-corrected chi connectivity index (χ2v) is 6.54. The molecule has 1 atom stereocenters. The molecule has 0 saturated carbocycles. The molecule has 0 radical (unpaired) electrons. The molecule has 0 aliphatic carbocycles. The van der Waals surface area contributed by atoms with E-state index in [0.29, 0.717) is 5.75 Å². The highest BCUT2D eigenvalue weighted by Crippen LogP contribution is 2.35. The molecule has 0 aromatic heterocycles. The van der Waals surface area contributed by atoms with Crippen LogP contribution in [-0.4, -0.2) is 11.2 Å².